The van der Waals surface area contributed by atoms with Crippen LogP contribution in [0, 0.1) is 0 Å². The number of hydrogen-bond acceptors (Lipinski definition) is 7. The summed E-state index contributed by atoms with van der Waals surface area (Å²) in [4.78, 5) is 29.0. The number of amides is 2. The Balaban J connectivity index is 1.22. The normalized spacial score (nSPS) is 15.9. The minimum absolute atomic E-state index is 0.101. The van der Waals surface area contributed by atoms with Crippen molar-refractivity contribution in [3.05, 3.63) is 48.0 Å². The number of nitrogens with zero attached hydrogens (tertiary/aromatic N) is 2. The van der Waals surface area contributed by atoms with Gasteiger partial charge in [-0.1, -0.05) is 6.07 Å². The number of nitrogens with one attached hydrogen (secondary N) is 2. The summed E-state index contributed by atoms with van der Waals surface area (Å²) in [5.41, 5.74) is 2.76. The number of carbonyl (C=O) groups excluding carboxylic acids is 2. The summed E-state index contributed by atoms with van der Waals surface area (Å²) in [6.07, 6.45) is 0. The first-order valence-electron chi connectivity index (χ1n) is 11.1. The molecule has 2 aliphatic heterocycles. The number of morpholine rings is 1. The van der Waals surface area contributed by atoms with Crippen LogP contribution in [0.2, 0.25) is 0 Å². The molecule has 9 nitrogen and oxygen atoms in total. The molecule has 0 aromatic heterocycles. The summed E-state index contributed by atoms with van der Waals surface area (Å²) < 4.78 is 16.1. The van der Waals surface area contributed by atoms with Crippen molar-refractivity contribution >= 4 is 23.2 Å². The molecule has 2 amide bonds. The highest BCUT2D eigenvalue weighted by Crippen LogP contribution is 2.32. The standard InChI is InChI=1S/C24H30N4O5/c1-17(24(30)25-14-18-3-8-21-22(13-18)33-16-32-21)27(2)15-23(29)26-19-4-6-20(7-5-19)28-9-11-31-12-10-28/h3-8,13,17H,9-12,14-16H2,1-2H3,(H,25,30)(H,26,29). The molecule has 0 bridgehead atoms. The van der Waals surface area contributed by atoms with Gasteiger partial charge in [-0.25, -0.2) is 0 Å². The minimum atomic E-state index is -0.464. The first kappa shape index (κ1) is 22.9. The van der Waals surface area contributed by atoms with E-state index in [1.807, 2.05) is 42.5 Å². The van der Waals surface area contributed by atoms with Gasteiger partial charge >= 0.3 is 0 Å². The highest BCUT2D eigenvalue weighted by molar-refractivity contribution is 5.93. The predicted molar refractivity (Wildman–Crippen MR) is 125 cm³/mol. The fourth-order valence-electron chi connectivity index (χ4n) is 3.73. The van der Waals surface area contributed by atoms with Crippen LogP contribution in [0.25, 0.3) is 0 Å². The van der Waals surface area contributed by atoms with Gasteiger partial charge in [0.25, 0.3) is 0 Å². The quantitative estimate of drug-likeness (QED) is 0.629. The molecule has 0 aliphatic carbocycles. The Morgan fingerprint density at radius 1 is 1.06 bits per heavy atom. The number of hydrogen-bond donors (Lipinski definition) is 2. The lowest BCUT2D eigenvalue weighted by Gasteiger charge is -2.29. The summed E-state index contributed by atoms with van der Waals surface area (Å²) in [6.45, 7) is 5.66. The second-order valence-electron chi connectivity index (χ2n) is 8.19. The highest BCUT2D eigenvalue weighted by atomic mass is 16.7. The van der Waals surface area contributed by atoms with Crippen LogP contribution in [0.15, 0.2) is 42.5 Å². The number of carbonyl (C=O) groups is 2. The van der Waals surface area contributed by atoms with Crippen molar-refractivity contribution in [3.8, 4) is 11.5 Å². The van der Waals surface area contributed by atoms with Gasteiger partial charge in [-0.05, 0) is 55.9 Å². The van der Waals surface area contributed by atoms with E-state index in [1.165, 1.54) is 0 Å². The van der Waals surface area contributed by atoms with Crippen molar-refractivity contribution in [3.63, 3.8) is 0 Å². The maximum Gasteiger partial charge on any atom is 0.238 e. The van der Waals surface area contributed by atoms with E-state index < -0.39 is 6.04 Å². The molecule has 0 spiro atoms. The second-order valence-corrected chi connectivity index (χ2v) is 8.19. The Kier molecular flexibility index (Phi) is 7.31. The van der Waals surface area contributed by atoms with E-state index in [1.54, 1.807) is 18.9 Å². The van der Waals surface area contributed by atoms with Crippen LogP contribution < -0.4 is 25.0 Å². The Morgan fingerprint density at radius 3 is 2.55 bits per heavy atom. The lowest BCUT2D eigenvalue weighted by molar-refractivity contribution is -0.126. The number of benzene rings is 2. The molecule has 4 rings (SSSR count). The molecular formula is C24H30N4O5. The lowest BCUT2D eigenvalue weighted by Crippen LogP contribution is -2.45. The Labute approximate surface area is 193 Å². The zero-order valence-corrected chi connectivity index (χ0v) is 19.0. The number of rotatable bonds is 8. The molecule has 1 fully saturated rings. The molecule has 0 saturated carbocycles. The monoisotopic (exact) mass is 454 g/mol. The molecule has 2 heterocycles. The molecule has 2 aromatic carbocycles. The van der Waals surface area contributed by atoms with Gasteiger partial charge in [0.15, 0.2) is 11.5 Å². The predicted octanol–water partition coefficient (Wildman–Crippen LogP) is 1.83. The van der Waals surface area contributed by atoms with Crippen LogP contribution in [0.1, 0.15) is 12.5 Å². The van der Waals surface area contributed by atoms with Gasteiger partial charge in [0.05, 0.1) is 25.8 Å². The molecule has 2 aromatic rings. The van der Waals surface area contributed by atoms with Crippen molar-refractivity contribution in [1.29, 1.82) is 0 Å². The summed E-state index contributed by atoms with van der Waals surface area (Å²) in [5, 5.41) is 5.81. The number of anilines is 2. The van der Waals surface area contributed by atoms with Gasteiger partial charge in [0.2, 0.25) is 18.6 Å². The Hall–Kier alpha value is -3.30. The van der Waals surface area contributed by atoms with Crippen molar-refractivity contribution in [1.82, 2.24) is 10.2 Å². The van der Waals surface area contributed by atoms with Crippen molar-refractivity contribution in [2.45, 2.75) is 19.5 Å². The largest absolute Gasteiger partial charge is 0.454 e. The molecule has 1 saturated heterocycles. The van der Waals surface area contributed by atoms with Crippen LogP contribution in [0.4, 0.5) is 11.4 Å². The zero-order chi connectivity index (χ0) is 23.2. The zero-order valence-electron chi connectivity index (χ0n) is 19.0. The number of likely N-dealkylation sites (N-methyl/N-ethyl adjacent to an activating group) is 1. The third-order valence-corrected chi connectivity index (χ3v) is 5.86. The molecular weight excluding hydrogens is 424 g/mol. The molecule has 2 aliphatic rings. The first-order chi connectivity index (χ1) is 16.0. The summed E-state index contributed by atoms with van der Waals surface area (Å²) >= 11 is 0. The molecule has 1 atom stereocenters. The topological polar surface area (TPSA) is 92.4 Å². The van der Waals surface area contributed by atoms with Crippen molar-refractivity contribution in [2.75, 3.05) is 56.9 Å². The van der Waals surface area contributed by atoms with Gasteiger partial charge < -0.3 is 29.7 Å². The fraction of sp³-hybridized carbons (Fsp3) is 0.417. The molecule has 2 N–H and O–H groups in total. The smallest absolute Gasteiger partial charge is 0.238 e. The molecule has 0 radical (unpaired) electrons. The average Bonchev–Trinajstić information content (AvgIpc) is 3.31. The van der Waals surface area contributed by atoms with E-state index in [2.05, 4.69) is 15.5 Å². The van der Waals surface area contributed by atoms with Crippen LogP contribution in [-0.4, -0.2) is 69.4 Å². The van der Waals surface area contributed by atoms with Crippen molar-refractivity contribution < 1.29 is 23.8 Å². The minimum Gasteiger partial charge on any atom is -0.454 e. The Morgan fingerprint density at radius 2 is 1.79 bits per heavy atom. The van der Waals surface area contributed by atoms with Crippen LogP contribution in [0.5, 0.6) is 11.5 Å². The molecule has 1 unspecified atom stereocenters. The highest BCUT2D eigenvalue weighted by Gasteiger charge is 2.21. The lowest BCUT2D eigenvalue weighted by atomic mass is 10.2. The van der Waals surface area contributed by atoms with Crippen LogP contribution in [0.3, 0.4) is 0 Å². The van der Waals surface area contributed by atoms with E-state index in [0.717, 1.165) is 43.2 Å². The SMILES string of the molecule is CC(C(=O)NCc1ccc2c(c1)OCO2)N(C)CC(=O)Nc1ccc(N2CCOCC2)cc1. The summed E-state index contributed by atoms with van der Waals surface area (Å²) in [6, 6.07) is 12.9. The van der Waals surface area contributed by atoms with E-state index in [9.17, 15) is 9.59 Å². The Bertz CT molecular complexity index is 975. The maximum atomic E-state index is 12.6. The summed E-state index contributed by atoms with van der Waals surface area (Å²) in [5.74, 6) is 1.06. The first-order valence-corrected chi connectivity index (χ1v) is 11.1. The van der Waals surface area contributed by atoms with Gasteiger partial charge in [0.1, 0.15) is 0 Å². The summed E-state index contributed by atoms with van der Waals surface area (Å²) in [7, 11) is 1.76. The van der Waals surface area contributed by atoms with Gasteiger partial charge in [-0.3, -0.25) is 14.5 Å². The fourth-order valence-corrected chi connectivity index (χ4v) is 3.73. The van der Waals surface area contributed by atoms with E-state index >= 15 is 0 Å². The molecule has 9 heteroatoms. The van der Waals surface area contributed by atoms with Gasteiger partial charge in [0, 0.05) is 31.0 Å². The van der Waals surface area contributed by atoms with Crippen LogP contribution in [-0.2, 0) is 20.9 Å². The molecule has 176 valence electrons. The van der Waals surface area contributed by atoms with E-state index in [-0.39, 0.29) is 25.2 Å². The van der Waals surface area contributed by atoms with Gasteiger partial charge in [-0.2, -0.15) is 0 Å². The maximum absolute atomic E-state index is 12.6. The van der Waals surface area contributed by atoms with Crippen LogP contribution >= 0.6 is 0 Å². The average molecular weight is 455 g/mol. The third-order valence-electron chi connectivity index (χ3n) is 5.86. The number of ether oxygens (including phenoxy) is 3. The molecule has 33 heavy (non-hydrogen) atoms. The van der Waals surface area contributed by atoms with Crippen molar-refractivity contribution in [2.24, 2.45) is 0 Å². The second kappa shape index (κ2) is 10.5. The van der Waals surface area contributed by atoms with Gasteiger partial charge in [-0.15, -0.1) is 0 Å². The van der Waals surface area contributed by atoms with E-state index in [4.69, 9.17) is 14.2 Å². The number of fused-ring (bicyclic) bond motifs is 1. The third kappa shape index (κ3) is 5.94. The van der Waals surface area contributed by atoms with E-state index in [0.29, 0.717) is 18.0 Å².